The normalized spacial score (nSPS) is 24.8. The van der Waals surface area contributed by atoms with E-state index in [1.165, 1.54) is 0 Å². The number of carbonyl (C=O) groups excluding carboxylic acids is 1. The van der Waals surface area contributed by atoms with Crippen LogP contribution in [0.1, 0.15) is 28.5 Å². The van der Waals surface area contributed by atoms with Gasteiger partial charge in [-0.05, 0) is 37.1 Å². The molecule has 0 radical (unpaired) electrons. The van der Waals surface area contributed by atoms with Crippen molar-refractivity contribution in [1.29, 1.82) is 0 Å². The van der Waals surface area contributed by atoms with Crippen molar-refractivity contribution in [3.8, 4) is 0 Å². The van der Waals surface area contributed by atoms with E-state index in [2.05, 4.69) is 11.9 Å². The zero-order valence-corrected chi connectivity index (χ0v) is 15.0. The van der Waals surface area contributed by atoms with Crippen LogP contribution >= 0.6 is 0 Å². The molecule has 2 fully saturated rings. The maximum atomic E-state index is 13.3. The van der Waals surface area contributed by atoms with Crippen LogP contribution in [0.2, 0.25) is 0 Å². The van der Waals surface area contributed by atoms with E-state index in [9.17, 15) is 14.7 Å². The highest BCUT2D eigenvalue weighted by Crippen LogP contribution is 2.42. The molecule has 26 heavy (non-hydrogen) atoms. The second kappa shape index (κ2) is 6.06. The van der Waals surface area contributed by atoms with Crippen LogP contribution in [0, 0.1) is 18.3 Å². The van der Waals surface area contributed by atoms with Gasteiger partial charge in [-0.3, -0.25) is 14.6 Å². The molecule has 0 saturated carbocycles. The van der Waals surface area contributed by atoms with Gasteiger partial charge in [0.25, 0.3) is 5.91 Å². The quantitative estimate of drug-likeness (QED) is 0.915. The number of carbonyl (C=O) groups is 2. The first-order valence-electron chi connectivity index (χ1n) is 8.95. The highest BCUT2D eigenvalue weighted by molar-refractivity contribution is 6.06. The Balaban J connectivity index is 1.74. The number of fused-ring (bicyclic) bond motifs is 2. The summed E-state index contributed by atoms with van der Waals surface area (Å²) in [6.45, 7) is 5.13. The van der Waals surface area contributed by atoms with Crippen molar-refractivity contribution in [1.82, 2.24) is 9.88 Å². The van der Waals surface area contributed by atoms with Crippen LogP contribution in [0.3, 0.4) is 0 Å². The molecule has 1 aromatic heterocycles. The lowest BCUT2D eigenvalue weighted by molar-refractivity contribution is -0.149. The molecule has 4 rings (SSSR count). The molecule has 6 heteroatoms. The number of likely N-dealkylation sites (tertiary alicyclic amines) is 1. The Labute approximate surface area is 151 Å². The van der Waals surface area contributed by atoms with Crippen molar-refractivity contribution < 1.29 is 19.4 Å². The Morgan fingerprint density at radius 3 is 2.88 bits per heavy atom. The van der Waals surface area contributed by atoms with Crippen LogP contribution in [0.4, 0.5) is 0 Å². The second-order valence-corrected chi connectivity index (χ2v) is 7.38. The first-order valence-corrected chi connectivity index (χ1v) is 8.95. The standard InChI is InChI=1S/C20H22N2O4/c1-3-13-4-5-17-15(7-13)16(6-12(2)21-17)18(23)22-8-14-9-26-11-20(14,10-22)19(24)25/h4-7,14H,3,8-11H2,1-2H3,(H,24,25)/t14-,20-/m1/s1. The zero-order valence-electron chi connectivity index (χ0n) is 15.0. The predicted molar refractivity (Wildman–Crippen MR) is 96.1 cm³/mol. The lowest BCUT2D eigenvalue weighted by atomic mass is 9.81. The van der Waals surface area contributed by atoms with Crippen molar-refractivity contribution in [3.05, 3.63) is 41.1 Å². The number of ether oxygens (including phenoxy) is 1. The van der Waals surface area contributed by atoms with Gasteiger partial charge >= 0.3 is 5.97 Å². The Hall–Kier alpha value is -2.47. The molecule has 1 aromatic carbocycles. The third kappa shape index (κ3) is 2.48. The van der Waals surface area contributed by atoms with Gasteiger partial charge in [-0.25, -0.2) is 0 Å². The summed E-state index contributed by atoms with van der Waals surface area (Å²) < 4.78 is 5.40. The van der Waals surface area contributed by atoms with E-state index in [0.29, 0.717) is 18.7 Å². The predicted octanol–water partition coefficient (Wildman–Crippen LogP) is 2.28. The van der Waals surface area contributed by atoms with Crippen molar-refractivity contribution >= 4 is 22.8 Å². The third-order valence-electron chi connectivity index (χ3n) is 5.73. The van der Waals surface area contributed by atoms with E-state index in [-0.39, 0.29) is 25.0 Å². The summed E-state index contributed by atoms with van der Waals surface area (Å²) in [5, 5.41) is 10.5. The fraction of sp³-hybridized carbons (Fsp3) is 0.450. The molecule has 6 nitrogen and oxygen atoms in total. The fourth-order valence-electron chi connectivity index (χ4n) is 4.17. The van der Waals surface area contributed by atoms with Crippen LogP contribution in [0.15, 0.2) is 24.3 Å². The van der Waals surface area contributed by atoms with Crippen molar-refractivity contribution in [2.24, 2.45) is 11.3 Å². The number of rotatable bonds is 3. The molecular formula is C20H22N2O4. The Morgan fingerprint density at radius 1 is 1.38 bits per heavy atom. The summed E-state index contributed by atoms with van der Waals surface area (Å²) in [6, 6.07) is 7.80. The fourth-order valence-corrected chi connectivity index (χ4v) is 4.17. The number of hydrogen-bond acceptors (Lipinski definition) is 4. The van der Waals surface area contributed by atoms with E-state index in [4.69, 9.17) is 4.74 Å². The van der Waals surface area contributed by atoms with Crippen LogP contribution in [0.5, 0.6) is 0 Å². The molecular weight excluding hydrogens is 332 g/mol. The molecule has 3 heterocycles. The summed E-state index contributed by atoms with van der Waals surface area (Å²) in [7, 11) is 0. The van der Waals surface area contributed by atoms with Crippen LogP contribution in [0.25, 0.3) is 10.9 Å². The SMILES string of the molecule is CCc1ccc2nc(C)cc(C(=O)N3C[C@@H]4COC[C@]4(C(=O)O)C3)c2c1. The number of carboxylic acid groups (broad SMARTS) is 1. The van der Waals surface area contributed by atoms with E-state index in [1.807, 2.05) is 31.2 Å². The number of aryl methyl sites for hydroxylation is 2. The van der Waals surface area contributed by atoms with Crippen molar-refractivity contribution in [2.45, 2.75) is 20.3 Å². The molecule has 2 aliphatic rings. The zero-order chi connectivity index (χ0) is 18.5. The van der Waals surface area contributed by atoms with E-state index < -0.39 is 11.4 Å². The van der Waals surface area contributed by atoms with E-state index in [1.54, 1.807) is 4.90 Å². The molecule has 0 unspecified atom stereocenters. The Kier molecular flexibility index (Phi) is 3.95. The molecule has 0 aliphatic carbocycles. The van der Waals surface area contributed by atoms with Gasteiger partial charge in [0.2, 0.25) is 0 Å². The minimum absolute atomic E-state index is 0.122. The minimum Gasteiger partial charge on any atom is -0.481 e. The first-order chi connectivity index (χ1) is 12.4. The molecule has 0 spiro atoms. The average Bonchev–Trinajstić information content (AvgIpc) is 3.18. The Morgan fingerprint density at radius 2 is 2.19 bits per heavy atom. The molecule has 1 amide bonds. The van der Waals surface area contributed by atoms with Gasteiger partial charge in [-0.2, -0.15) is 0 Å². The maximum Gasteiger partial charge on any atom is 0.314 e. The molecule has 1 N–H and O–H groups in total. The summed E-state index contributed by atoms with van der Waals surface area (Å²) in [4.78, 5) is 31.3. The highest BCUT2D eigenvalue weighted by Gasteiger charge is 2.57. The van der Waals surface area contributed by atoms with Gasteiger partial charge in [0.15, 0.2) is 0 Å². The lowest BCUT2D eigenvalue weighted by Crippen LogP contribution is -2.40. The summed E-state index contributed by atoms with van der Waals surface area (Å²) in [6.07, 6.45) is 0.878. The molecule has 2 saturated heterocycles. The smallest absolute Gasteiger partial charge is 0.314 e. The molecule has 2 atom stereocenters. The van der Waals surface area contributed by atoms with Crippen molar-refractivity contribution in [2.75, 3.05) is 26.3 Å². The molecule has 2 aliphatic heterocycles. The summed E-state index contributed by atoms with van der Waals surface area (Å²) in [5.41, 5.74) is 2.35. The minimum atomic E-state index is -0.970. The number of aliphatic carboxylic acids is 1. The summed E-state index contributed by atoms with van der Waals surface area (Å²) >= 11 is 0. The van der Waals surface area contributed by atoms with Gasteiger partial charge in [0.1, 0.15) is 5.41 Å². The van der Waals surface area contributed by atoms with Gasteiger partial charge in [0, 0.05) is 30.1 Å². The molecule has 2 aromatic rings. The van der Waals surface area contributed by atoms with Gasteiger partial charge in [-0.1, -0.05) is 13.0 Å². The number of amides is 1. The van der Waals surface area contributed by atoms with Crippen molar-refractivity contribution in [3.63, 3.8) is 0 Å². The summed E-state index contributed by atoms with van der Waals surface area (Å²) in [5.74, 6) is -1.15. The maximum absolute atomic E-state index is 13.3. The van der Waals surface area contributed by atoms with Crippen LogP contribution < -0.4 is 0 Å². The highest BCUT2D eigenvalue weighted by atomic mass is 16.5. The number of carboxylic acids is 1. The van der Waals surface area contributed by atoms with Gasteiger partial charge in [-0.15, -0.1) is 0 Å². The second-order valence-electron chi connectivity index (χ2n) is 7.38. The number of hydrogen-bond donors (Lipinski definition) is 1. The Bertz CT molecular complexity index is 910. The third-order valence-corrected chi connectivity index (χ3v) is 5.73. The number of aromatic nitrogens is 1. The topological polar surface area (TPSA) is 79.7 Å². The number of benzene rings is 1. The average molecular weight is 354 g/mol. The van der Waals surface area contributed by atoms with E-state index >= 15 is 0 Å². The molecule has 136 valence electrons. The van der Waals surface area contributed by atoms with Crippen LogP contribution in [-0.4, -0.2) is 53.2 Å². The molecule has 0 bridgehead atoms. The monoisotopic (exact) mass is 354 g/mol. The van der Waals surface area contributed by atoms with Gasteiger partial charge < -0.3 is 14.7 Å². The number of pyridine rings is 1. The van der Waals surface area contributed by atoms with Gasteiger partial charge in [0.05, 0.1) is 24.3 Å². The number of nitrogens with zero attached hydrogens (tertiary/aromatic N) is 2. The first kappa shape index (κ1) is 17.0. The largest absolute Gasteiger partial charge is 0.481 e. The van der Waals surface area contributed by atoms with E-state index in [0.717, 1.165) is 28.6 Å². The lowest BCUT2D eigenvalue weighted by Gasteiger charge is -2.22. The van der Waals surface area contributed by atoms with Crippen LogP contribution in [-0.2, 0) is 16.0 Å².